The Labute approximate surface area is 147 Å². The van der Waals surface area contributed by atoms with E-state index in [9.17, 15) is 13.2 Å². The Bertz CT molecular complexity index is 931. The average Bonchev–Trinajstić information content (AvgIpc) is 2.96. The first-order valence-electron chi connectivity index (χ1n) is 6.64. The van der Waals surface area contributed by atoms with Crippen molar-refractivity contribution >= 4 is 61.7 Å². The summed E-state index contributed by atoms with van der Waals surface area (Å²) in [4.78, 5) is 18.2. The maximum Gasteiger partial charge on any atom is 0.283 e. The summed E-state index contributed by atoms with van der Waals surface area (Å²) in [6.07, 6.45) is 4.49. The van der Waals surface area contributed by atoms with E-state index in [1.54, 1.807) is 11.8 Å². The predicted molar refractivity (Wildman–Crippen MR) is 98.1 cm³/mol. The van der Waals surface area contributed by atoms with E-state index in [4.69, 9.17) is 5.41 Å². The van der Waals surface area contributed by atoms with Crippen LogP contribution in [0, 0.1) is 5.41 Å². The highest BCUT2D eigenvalue weighted by Crippen LogP contribution is 2.29. The lowest BCUT2D eigenvalue weighted by atomic mass is 10.1. The maximum atomic E-state index is 12.2. The Balaban J connectivity index is 2.01. The number of benzene rings is 1. The predicted octanol–water partition coefficient (Wildman–Crippen LogP) is 2.03. The van der Waals surface area contributed by atoms with Gasteiger partial charge in [-0.15, -0.1) is 11.8 Å². The standard InChI is InChI=1S/C14H12N4O3S3/c1-22-9-5-3-8(4-6-9)7-10-11(15)18-13(16-12(10)19)23-17-14(18)24(2,20)21/h3-7,15H,1-2H3. The molecule has 0 fully saturated rings. The Hall–Kier alpha value is -1.91. The zero-order valence-corrected chi connectivity index (χ0v) is 15.1. The largest absolute Gasteiger partial charge is 0.283 e. The summed E-state index contributed by atoms with van der Waals surface area (Å²) in [5.74, 6) is -0.828. The molecular formula is C14H12N4O3S3. The van der Waals surface area contributed by atoms with Gasteiger partial charge in [-0.1, -0.05) is 12.1 Å². The highest BCUT2D eigenvalue weighted by molar-refractivity contribution is 8.16. The van der Waals surface area contributed by atoms with E-state index in [1.807, 2.05) is 30.5 Å². The summed E-state index contributed by atoms with van der Waals surface area (Å²) < 4.78 is 27.4. The van der Waals surface area contributed by atoms with Crippen LogP contribution in [-0.2, 0) is 14.6 Å². The molecule has 3 rings (SSSR count). The number of hydrogen-bond donors (Lipinski definition) is 1. The molecule has 1 N–H and O–H groups in total. The van der Waals surface area contributed by atoms with Crippen molar-refractivity contribution < 1.29 is 13.2 Å². The van der Waals surface area contributed by atoms with Crippen LogP contribution in [0.2, 0.25) is 0 Å². The summed E-state index contributed by atoms with van der Waals surface area (Å²) in [5.41, 5.74) is 0.749. The summed E-state index contributed by atoms with van der Waals surface area (Å²) in [6.45, 7) is 0. The van der Waals surface area contributed by atoms with Crippen LogP contribution in [0.3, 0.4) is 0 Å². The molecule has 0 aromatic heterocycles. The van der Waals surface area contributed by atoms with Gasteiger partial charge in [-0.25, -0.2) is 13.3 Å². The third-order valence-corrected chi connectivity index (χ3v) is 5.75. The minimum absolute atomic E-state index is 0.0227. The number of aliphatic imine (C=N–C) groups is 1. The second-order valence-corrected chi connectivity index (χ2v) is 8.47. The molecule has 1 aromatic carbocycles. The van der Waals surface area contributed by atoms with E-state index in [0.29, 0.717) is 0 Å². The second-order valence-electron chi connectivity index (χ2n) is 4.95. The van der Waals surface area contributed by atoms with Gasteiger partial charge < -0.3 is 0 Å². The SMILES string of the molecule is CSc1ccc(C=C2C(=N)N3C(=NC2=O)SN=C3S(C)(=O)=O)cc1. The monoisotopic (exact) mass is 380 g/mol. The smallest absolute Gasteiger partial charge is 0.283 e. The molecule has 0 saturated carbocycles. The topological polar surface area (TPSA) is 103 Å². The van der Waals surface area contributed by atoms with Crippen LogP contribution >= 0.6 is 23.7 Å². The lowest BCUT2D eigenvalue weighted by Gasteiger charge is -2.23. The van der Waals surface area contributed by atoms with Crippen LogP contribution in [-0.4, -0.2) is 47.9 Å². The lowest BCUT2D eigenvalue weighted by molar-refractivity contribution is -0.114. The van der Waals surface area contributed by atoms with E-state index in [1.165, 1.54) is 6.08 Å². The molecule has 0 radical (unpaired) electrons. The molecule has 2 heterocycles. The number of carbonyl (C=O) groups excluding carboxylic acids is 1. The minimum atomic E-state index is -3.64. The zero-order chi connectivity index (χ0) is 17.5. The molecule has 0 bridgehead atoms. The van der Waals surface area contributed by atoms with Gasteiger partial charge in [0.05, 0.1) is 17.5 Å². The van der Waals surface area contributed by atoms with Gasteiger partial charge in [-0.2, -0.15) is 9.39 Å². The molecule has 24 heavy (non-hydrogen) atoms. The van der Waals surface area contributed by atoms with Crippen molar-refractivity contribution in [2.75, 3.05) is 12.5 Å². The van der Waals surface area contributed by atoms with Crippen molar-refractivity contribution in [3.63, 3.8) is 0 Å². The molecule has 7 nitrogen and oxygen atoms in total. The van der Waals surface area contributed by atoms with Crippen molar-refractivity contribution in [2.24, 2.45) is 9.39 Å². The number of amides is 1. The van der Waals surface area contributed by atoms with Crippen molar-refractivity contribution in [1.82, 2.24) is 4.90 Å². The summed E-state index contributed by atoms with van der Waals surface area (Å²) >= 11 is 2.37. The molecule has 1 aromatic rings. The second kappa shape index (κ2) is 6.19. The lowest BCUT2D eigenvalue weighted by Crippen LogP contribution is -2.45. The van der Waals surface area contributed by atoms with Gasteiger partial charge in [-0.05, 0) is 30.0 Å². The van der Waals surface area contributed by atoms with Gasteiger partial charge in [0.2, 0.25) is 20.2 Å². The van der Waals surface area contributed by atoms with Crippen molar-refractivity contribution in [2.45, 2.75) is 4.90 Å². The average molecular weight is 380 g/mol. The molecule has 0 saturated heterocycles. The number of rotatable bonds is 2. The van der Waals surface area contributed by atoms with E-state index >= 15 is 0 Å². The number of sulfone groups is 1. The fourth-order valence-electron chi connectivity index (χ4n) is 2.10. The highest BCUT2D eigenvalue weighted by atomic mass is 32.2. The maximum absolute atomic E-state index is 12.2. The van der Waals surface area contributed by atoms with Gasteiger partial charge in [0.25, 0.3) is 5.91 Å². The van der Waals surface area contributed by atoms with E-state index in [0.717, 1.165) is 33.6 Å². The molecule has 0 spiro atoms. The quantitative estimate of drug-likeness (QED) is 0.478. The summed E-state index contributed by atoms with van der Waals surface area (Å²) in [5, 5.41) is 8.03. The first kappa shape index (κ1) is 16.9. The van der Waals surface area contributed by atoms with Crippen LogP contribution in [0.15, 0.2) is 44.1 Å². The van der Waals surface area contributed by atoms with Crippen LogP contribution in [0.5, 0.6) is 0 Å². The van der Waals surface area contributed by atoms with E-state index < -0.39 is 15.7 Å². The summed E-state index contributed by atoms with van der Waals surface area (Å²) in [7, 11) is -3.64. The Morgan fingerprint density at radius 3 is 2.54 bits per heavy atom. The fourth-order valence-corrected chi connectivity index (χ4v) is 4.36. The number of hydrogen-bond acceptors (Lipinski definition) is 7. The zero-order valence-electron chi connectivity index (χ0n) is 12.7. The summed E-state index contributed by atoms with van der Waals surface area (Å²) in [6, 6.07) is 7.45. The number of carbonyl (C=O) groups is 1. The van der Waals surface area contributed by atoms with Gasteiger partial charge in [0, 0.05) is 11.2 Å². The van der Waals surface area contributed by atoms with Gasteiger partial charge in [-0.3, -0.25) is 10.2 Å². The van der Waals surface area contributed by atoms with Crippen molar-refractivity contribution in [3.8, 4) is 0 Å². The van der Waals surface area contributed by atoms with Crippen LogP contribution in [0.1, 0.15) is 5.56 Å². The molecule has 0 atom stereocenters. The minimum Gasteiger partial charge on any atom is -0.283 e. The van der Waals surface area contributed by atoms with Crippen molar-refractivity contribution in [3.05, 3.63) is 35.4 Å². The van der Waals surface area contributed by atoms with Crippen LogP contribution in [0.25, 0.3) is 6.08 Å². The molecule has 10 heteroatoms. The molecule has 0 unspecified atom stereocenters. The van der Waals surface area contributed by atoms with Crippen LogP contribution in [0.4, 0.5) is 0 Å². The third-order valence-electron chi connectivity index (χ3n) is 3.25. The highest BCUT2D eigenvalue weighted by Gasteiger charge is 2.41. The molecular weight excluding hydrogens is 368 g/mol. The van der Waals surface area contributed by atoms with Gasteiger partial charge >= 0.3 is 0 Å². The first-order chi connectivity index (χ1) is 11.3. The number of thioether (sulfide) groups is 1. The van der Waals surface area contributed by atoms with Gasteiger partial charge in [0.1, 0.15) is 5.84 Å². The van der Waals surface area contributed by atoms with Crippen molar-refractivity contribution in [1.29, 1.82) is 5.41 Å². The molecule has 1 amide bonds. The Kier molecular flexibility index (Phi) is 4.37. The number of fused-ring (bicyclic) bond motifs is 1. The van der Waals surface area contributed by atoms with Gasteiger partial charge in [0.15, 0.2) is 0 Å². The van der Waals surface area contributed by atoms with E-state index in [-0.39, 0.29) is 21.7 Å². The number of nitrogens with one attached hydrogen (secondary N) is 1. The van der Waals surface area contributed by atoms with Crippen LogP contribution < -0.4 is 0 Å². The molecule has 124 valence electrons. The number of nitrogens with zero attached hydrogens (tertiary/aromatic N) is 3. The fraction of sp³-hybridized carbons (Fsp3) is 0.143. The normalized spacial score (nSPS) is 19.4. The third kappa shape index (κ3) is 3.04. The molecule has 2 aliphatic heterocycles. The Morgan fingerprint density at radius 1 is 1.29 bits per heavy atom. The first-order valence-corrected chi connectivity index (χ1v) is 10.5. The Morgan fingerprint density at radius 2 is 1.96 bits per heavy atom. The van der Waals surface area contributed by atoms with E-state index in [2.05, 4.69) is 9.39 Å². The number of amidine groups is 3. The molecule has 2 aliphatic rings. The molecule has 0 aliphatic carbocycles.